The van der Waals surface area contributed by atoms with Crippen molar-refractivity contribution >= 4 is 34.8 Å². The molecule has 114 valence electrons. The molecule has 0 spiro atoms. The predicted molar refractivity (Wildman–Crippen MR) is 83.7 cm³/mol. The molecule has 3 nitrogen and oxygen atoms in total. The third kappa shape index (κ3) is 2.46. The molecule has 4 aliphatic rings. The van der Waals surface area contributed by atoms with E-state index in [-0.39, 0.29) is 11.2 Å². The van der Waals surface area contributed by atoms with Gasteiger partial charge in [0.25, 0.3) is 0 Å². The van der Waals surface area contributed by atoms with E-state index in [4.69, 9.17) is 34.8 Å². The zero-order chi connectivity index (χ0) is 14.8. The Balaban J connectivity index is 1.78. The van der Waals surface area contributed by atoms with Gasteiger partial charge in [0.05, 0.1) is 0 Å². The van der Waals surface area contributed by atoms with Gasteiger partial charge in [-0.05, 0) is 63.2 Å². The van der Waals surface area contributed by atoms with Crippen molar-refractivity contribution in [3.8, 4) is 0 Å². The molecule has 21 heavy (non-hydrogen) atoms. The van der Waals surface area contributed by atoms with E-state index >= 15 is 0 Å². The van der Waals surface area contributed by atoms with Crippen molar-refractivity contribution in [1.82, 2.24) is 15.0 Å². The quantitative estimate of drug-likeness (QED) is 0.704. The predicted octanol–water partition coefficient (Wildman–Crippen LogP) is 4.47. The molecule has 1 heterocycles. The summed E-state index contributed by atoms with van der Waals surface area (Å²) in [6.45, 7) is 1.85. The minimum Gasteiger partial charge on any atom is -0.218 e. The molecule has 1 aromatic heterocycles. The van der Waals surface area contributed by atoms with Crippen molar-refractivity contribution in [3.63, 3.8) is 0 Å². The highest BCUT2D eigenvalue weighted by molar-refractivity contribution is 6.66. The zero-order valence-corrected chi connectivity index (χ0v) is 14.2. The summed E-state index contributed by atoms with van der Waals surface area (Å²) in [6, 6.07) is 0. The minimum atomic E-state index is -1.58. The van der Waals surface area contributed by atoms with E-state index < -0.39 is 3.79 Å². The smallest absolute Gasteiger partial charge is 0.218 e. The first kappa shape index (κ1) is 14.5. The monoisotopic (exact) mass is 345 g/mol. The topological polar surface area (TPSA) is 38.7 Å². The molecular formula is C15H18Cl3N3. The Morgan fingerprint density at radius 3 is 1.90 bits per heavy atom. The highest BCUT2D eigenvalue weighted by Gasteiger charge is 2.53. The van der Waals surface area contributed by atoms with E-state index in [0.29, 0.717) is 5.82 Å². The molecule has 0 radical (unpaired) electrons. The van der Waals surface area contributed by atoms with Gasteiger partial charge in [-0.25, -0.2) is 15.0 Å². The van der Waals surface area contributed by atoms with Crippen LogP contribution in [0.4, 0.5) is 0 Å². The largest absolute Gasteiger partial charge is 0.250 e. The lowest BCUT2D eigenvalue weighted by atomic mass is 9.49. The minimum absolute atomic E-state index is 0.104. The van der Waals surface area contributed by atoms with Gasteiger partial charge in [-0.2, -0.15) is 0 Å². The third-order valence-corrected chi connectivity index (χ3v) is 6.02. The average Bonchev–Trinajstić information content (AvgIpc) is 2.35. The molecule has 0 N–H and O–H groups in total. The number of alkyl halides is 3. The second-order valence-electron chi connectivity index (χ2n) is 7.23. The number of aromatic nitrogens is 3. The highest BCUT2D eigenvalue weighted by atomic mass is 35.6. The van der Waals surface area contributed by atoms with Crippen LogP contribution in [0.1, 0.15) is 56.0 Å². The van der Waals surface area contributed by atoms with Gasteiger partial charge in [0.15, 0.2) is 5.82 Å². The fourth-order valence-electron chi connectivity index (χ4n) is 5.23. The fraction of sp³-hybridized carbons (Fsp3) is 0.800. The van der Waals surface area contributed by atoms with Crippen molar-refractivity contribution in [1.29, 1.82) is 0 Å². The van der Waals surface area contributed by atoms with Crippen LogP contribution in [-0.2, 0) is 9.21 Å². The standard InChI is InChI=1S/C15H18Cl3N3/c1-8-19-12(21-13(20-8)15(16,17)18)14-5-9-2-10(6-14)4-11(3-9)7-14/h9-11H,2-7H2,1H3. The van der Waals surface area contributed by atoms with Crippen LogP contribution in [0, 0.1) is 24.7 Å². The second kappa shape index (κ2) is 4.69. The molecule has 4 saturated carbocycles. The molecule has 0 aliphatic heterocycles. The Morgan fingerprint density at radius 2 is 1.43 bits per heavy atom. The zero-order valence-electron chi connectivity index (χ0n) is 12.0. The summed E-state index contributed by atoms with van der Waals surface area (Å²) in [6.07, 6.45) is 7.76. The second-order valence-corrected chi connectivity index (χ2v) is 9.51. The van der Waals surface area contributed by atoms with Gasteiger partial charge >= 0.3 is 0 Å². The lowest BCUT2D eigenvalue weighted by Crippen LogP contribution is -2.49. The normalized spacial score (nSPS) is 38.0. The van der Waals surface area contributed by atoms with Crippen molar-refractivity contribution in [2.24, 2.45) is 17.8 Å². The molecule has 0 atom stereocenters. The SMILES string of the molecule is Cc1nc(C(Cl)(Cl)Cl)nc(C23CC4CC(CC(C4)C2)C3)n1. The first-order valence-electron chi connectivity index (χ1n) is 7.64. The van der Waals surface area contributed by atoms with Crippen LogP contribution >= 0.6 is 34.8 Å². The molecule has 1 aromatic rings. The van der Waals surface area contributed by atoms with Gasteiger partial charge in [0.2, 0.25) is 3.79 Å². The van der Waals surface area contributed by atoms with Gasteiger partial charge in [-0.3, -0.25) is 0 Å². The maximum atomic E-state index is 5.99. The number of hydrogen-bond acceptors (Lipinski definition) is 3. The van der Waals surface area contributed by atoms with Crippen molar-refractivity contribution in [3.05, 3.63) is 17.5 Å². The molecular weight excluding hydrogens is 329 g/mol. The molecule has 4 bridgehead atoms. The molecule has 6 heteroatoms. The number of aryl methyl sites for hydroxylation is 1. The summed E-state index contributed by atoms with van der Waals surface area (Å²) in [5.41, 5.74) is 0.104. The van der Waals surface area contributed by atoms with E-state index in [0.717, 1.165) is 23.6 Å². The van der Waals surface area contributed by atoms with Crippen molar-refractivity contribution in [2.75, 3.05) is 0 Å². The Hall–Kier alpha value is -0.120. The summed E-state index contributed by atoms with van der Waals surface area (Å²) < 4.78 is -1.58. The van der Waals surface area contributed by atoms with Crippen molar-refractivity contribution in [2.45, 2.75) is 54.7 Å². The number of hydrogen-bond donors (Lipinski definition) is 0. The molecule has 0 amide bonds. The molecule has 0 aromatic carbocycles. The molecule has 4 aliphatic carbocycles. The van der Waals surface area contributed by atoms with E-state index in [1.807, 2.05) is 6.92 Å². The van der Waals surface area contributed by atoms with Crippen LogP contribution in [0.3, 0.4) is 0 Å². The molecule has 4 fully saturated rings. The maximum Gasteiger partial charge on any atom is 0.250 e. The molecule has 0 unspecified atom stereocenters. The summed E-state index contributed by atoms with van der Waals surface area (Å²) in [5, 5.41) is 0. The van der Waals surface area contributed by atoms with Gasteiger partial charge < -0.3 is 0 Å². The van der Waals surface area contributed by atoms with Gasteiger partial charge in [0, 0.05) is 5.41 Å². The van der Waals surface area contributed by atoms with Gasteiger partial charge in [-0.1, -0.05) is 34.8 Å². The Bertz CT molecular complexity index is 547. The van der Waals surface area contributed by atoms with Crippen LogP contribution in [-0.4, -0.2) is 15.0 Å². The highest BCUT2D eigenvalue weighted by Crippen LogP contribution is 2.60. The fourth-order valence-corrected chi connectivity index (χ4v) is 5.48. The maximum absolute atomic E-state index is 5.99. The lowest BCUT2D eigenvalue weighted by Gasteiger charge is -2.56. The summed E-state index contributed by atoms with van der Waals surface area (Å²) in [5.74, 6) is 4.30. The van der Waals surface area contributed by atoms with E-state index in [2.05, 4.69) is 15.0 Å². The van der Waals surface area contributed by atoms with E-state index in [1.165, 1.54) is 38.5 Å². The number of rotatable bonds is 1. The molecule has 5 rings (SSSR count). The van der Waals surface area contributed by atoms with Crippen LogP contribution in [0.2, 0.25) is 0 Å². The summed E-state index contributed by atoms with van der Waals surface area (Å²) >= 11 is 18.0. The number of halogens is 3. The molecule has 0 saturated heterocycles. The van der Waals surface area contributed by atoms with Crippen LogP contribution in [0.15, 0.2) is 0 Å². The first-order valence-corrected chi connectivity index (χ1v) is 8.78. The van der Waals surface area contributed by atoms with Crippen LogP contribution in [0.25, 0.3) is 0 Å². The van der Waals surface area contributed by atoms with Crippen LogP contribution < -0.4 is 0 Å². The Kier molecular flexibility index (Phi) is 3.23. The summed E-state index contributed by atoms with van der Waals surface area (Å²) in [7, 11) is 0. The van der Waals surface area contributed by atoms with Gasteiger partial charge in [0.1, 0.15) is 11.6 Å². The van der Waals surface area contributed by atoms with Crippen LogP contribution in [0.5, 0.6) is 0 Å². The van der Waals surface area contributed by atoms with Gasteiger partial charge in [-0.15, -0.1) is 0 Å². The number of nitrogens with zero attached hydrogens (tertiary/aromatic N) is 3. The van der Waals surface area contributed by atoms with E-state index in [1.54, 1.807) is 0 Å². The Morgan fingerprint density at radius 1 is 0.905 bits per heavy atom. The first-order chi connectivity index (χ1) is 9.84. The average molecular weight is 347 g/mol. The summed E-state index contributed by atoms with van der Waals surface area (Å²) in [4.78, 5) is 13.4. The Labute approximate surface area is 139 Å². The van der Waals surface area contributed by atoms with Crippen molar-refractivity contribution < 1.29 is 0 Å². The van der Waals surface area contributed by atoms with E-state index in [9.17, 15) is 0 Å². The lowest BCUT2D eigenvalue weighted by molar-refractivity contribution is -0.00970. The third-order valence-electron chi connectivity index (χ3n) is 5.51.